The van der Waals surface area contributed by atoms with Crippen LogP contribution >= 0.6 is 0 Å². The monoisotopic (exact) mass is 549 g/mol. The molecule has 2 aliphatic carbocycles. The minimum absolute atomic E-state index is 0.0503. The van der Waals surface area contributed by atoms with Crippen LogP contribution < -0.4 is 11.3 Å². The van der Waals surface area contributed by atoms with Crippen molar-refractivity contribution in [3.05, 3.63) is 40.3 Å². The average molecular weight is 550 g/mol. The van der Waals surface area contributed by atoms with E-state index < -0.39 is 29.8 Å². The van der Waals surface area contributed by atoms with Crippen molar-refractivity contribution in [2.45, 2.75) is 101 Å². The van der Waals surface area contributed by atoms with Gasteiger partial charge in [0.2, 0.25) is 6.61 Å². The zero-order valence-corrected chi connectivity index (χ0v) is 22.9. The van der Waals surface area contributed by atoms with E-state index in [1.165, 1.54) is 51.4 Å². The number of carbonyl (C=O) groups is 2. The van der Waals surface area contributed by atoms with Crippen molar-refractivity contribution in [3.8, 4) is 0 Å². The molecule has 2 saturated heterocycles. The Morgan fingerprint density at radius 2 is 1.60 bits per heavy atom. The van der Waals surface area contributed by atoms with Crippen LogP contribution in [0, 0.1) is 11.8 Å². The highest BCUT2D eigenvalue weighted by atomic mass is 16.6. The van der Waals surface area contributed by atoms with Crippen molar-refractivity contribution in [2.75, 3.05) is 6.61 Å². The van der Waals surface area contributed by atoms with E-state index in [-0.39, 0.29) is 11.7 Å². The number of benzene rings is 1. The standard InChI is InChI=1S/C30H39N5O5/c31-29(38)27(33-40-17-26(36)37)28-30(39)35(25-11-4-3-10-24(25)32-28)23-15-20-8-5-9-21(16-23)34(20)22-13-18-6-1-2-7-19(12-18)14-22/h3-4,10-11,18-23H,1-2,5-9,12-17H2,(H2,31,38)(H,36,37)/b33-27-/t18-,19+,20-,21?,22?,23?/m0/s1. The first-order valence-electron chi connectivity index (χ1n) is 14.9. The Balaban J connectivity index is 1.35. The summed E-state index contributed by atoms with van der Waals surface area (Å²) in [5.41, 5.74) is 5.70. The number of hydrogen-bond acceptors (Lipinski definition) is 7. The van der Waals surface area contributed by atoms with E-state index in [9.17, 15) is 14.4 Å². The molecule has 10 heteroatoms. The topological polar surface area (TPSA) is 140 Å². The number of para-hydroxylation sites is 2. The normalized spacial score (nSPS) is 30.9. The first kappa shape index (κ1) is 26.9. The van der Waals surface area contributed by atoms with Gasteiger partial charge in [0.05, 0.1) is 11.0 Å². The lowest BCUT2D eigenvalue weighted by Crippen LogP contribution is -2.58. The predicted molar refractivity (Wildman–Crippen MR) is 150 cm³/mol. The smallest absolute Gasteiger partial charge is 0.344 e. The van der Waals surface area contributed by atoms with Gasteiger partial charge in [0.1, 0.15) is 0 Å². The summed E-state index contributed by atoms with van der Waals surface area (Å²) in [6.07, 6.45) is 14.8. The summed E-state index contributed by atoms with van der Waals surface area (Å²) in [7, 11) is 0. The fourth-order valence-corrected chi connectivity index (χ4v) is 8.33. The zero-order chi connectivity index (χ0) is 27.8. The van der Waals surface area contributed by atoms with Gasteiger partial charge in [0.25, 0.3) is 11.5 Å². The summed E-state index contributed by atoms with van der Waals surface area (Å²) >= 11 is 0. The molecule has 2 saturated carbocycles. The number of carboxylic acids is 1. The third-order valence-corrected chi connectivity index (χ3v) is 9.74. The third kappa shape index (κ3) is 5.25. The largest absolute Gasteiger partial charge is 0.479 e. The lowest BCUT2D eigenvalue weighted by Gasteiger charge is -2.54. The van der Waals surface area contributed by atoms with Crippen molar-refractivity contribution in [1.82, 2.24) is 14.5 Å². The van der Waals surface area contributed by atoms with Gasteiger partial charge in [0, 0.05) is 24.2 Å². The summed E-state index contributed by atoms with van der Waals surface area (Å²) < 4.78 is 1.79. The van der Waals surface area contributed by atoms with Crippen LogP contribution in [-0.2, 0) is 14.4 Å². The van der Waals surface area contributed by atoms with E-state index in [0.717, 1.165) is 37.5 Å². The second-order valence-electron chi connectivity index (χ2n) is 12.3. The number of amides is 1. The first-order chi connectivity index (χ1) is 19.4. The molecule has 2 aliphatic heterocycles. The molecular weight excluding hydrogens is 510 g/mol. The third-order valence-electron chi connectivity index (χ3n) is 9.74. The van der Waals surface area contributed by atoms with E-state index in [1.54, 1.807) is 10.6 Å². The number of piperidine rings is 2. The molecule has 1 aromatic carbocycles. The van der Waals surface area contributed by atoms with Crippen LogP contribution in [0.2, 0.25) is 0 Å². The fraction of sp³-hybridized carbons (Fsp3) is 0.633. The van der Waals surface area contributed by atoms with Crippen LogP contribution in [0.5, 0.6) is 0 Å². The Labute approximate surface area is 233 Å². The minimum atomic E-state index is -1.26. The molecule has 4 bridgehead atoms. The Morgan fingerprint density at radius 3 is 2.25 bits per heavy atom. The molecule has 2 aromatic rings. The number of carboxylic acid groups (broad SMARTS) is 1. The maximum Gasteiger partial charge on any atom is 0.344 e. The molecule has 6 atom stereocenters. The molecular formula is C30H39N5O5. The van der Waals surface area contributed by atoms with E-state index in [1.807, 2.05) is 18.2 Å². The molecule has 1 amide bonds. The molecule has 214 valence electrons. The average Bonchev–Trinajstić information content (AvgIpc) is 3.09. The highest BCUT2D eigenvalue weighted by molar-refractivity contribution is 6.44. The van der Waals surface area contributed by atoms with Crippen LogP contribution in [-0.4, -0.2) is 61.9 Å². The van der Waals surface area contributed by atoms with Gasteiger partial charge >= 0.3 is 5.97 Å². The lowest BCUT2D eigenvalue weighted by atomic mass is 9.73. The van der Waals surface area contributed by atoms with Gasteiger partial charge in [-0.25, -0.2) is 9.78 Å². The number of oxime groups is 1. The molecule has 10 nitrogen and oxygen atoms in total. The van der Waals surface area contributed by atoms with Crippen molar-refractivity contribution < 1.29 is 19.5 Å². The molecule has 3 N–H and O–H groups in total. The number of rotatable bonds is 7. The lowest BCUT2D eigenvalue weighted by molar-refractivity contribution is -0.142. The summed E-state index contributed by atoms with van der Waals surface area (Å²) in [6.45, 7) is -0.761. The van der Waals surface area contributed by atoms with E-state index in [0.29, 0.717) is 29.2 Å². The van der Waals surface area contributed by atoms with Gasteiger partial charge in [0.15, 0.2) is 11.4 Å². The van der Waals surface area contributed by atoms with E-state index in [4.69, 9.17) is 15.7 Å². The summed E-state index contributed by atoms with van der Waals surface area (Å²) in [6, 6.07) is 8.84. The number of primary amides is 1. The SMILES string of the molecule is NC(=O)/C(=N\OCC(=O)O)c1nc2ccccc2n(C2CC3CCC[C@@H](C2)N3C2C[C@H]3CCCC[C@@H](C2)C3)c1=O. The number of aromatic nitrogens is 2. The number of nitrogens with zero attached hydrogens (tertiary/aromatic N) is 4. The van der Waals surface area contributed by atoms with Crippen LogP contribution in [0.3, 0.4) is 0 Å². The number of nitrogens with two attached hydrogens (primary N) is 1. The highest BCUT2D eigenvalue weighted by Crippen LogP contribution is 2.47. The molecule has 40 heavy (non-hydrogen) atoms. The number of hydrogen-bond donors (Lipinski definition) is 2. The second kappa shape index (κ2) is 11.3. The van der Waals surface area contributed by atoms with Crippen molar-refractivity contribution in [2.24, 2.45) is 22.7 Å². The van der Waals surface area contributed by atoms with Crippen LogP contribution in [0.1, 0.15) is 88.8 Å². The highest BCUT2D eigenvalue weighted by Gasteiger charge is 2.45. The predicted octanol–water partition coefficient (Wildman–Crippen LogP) is 3.60. The summed E-state index contributed by atoms with van der Waals surface area (Å²) in [4.78, 5) is 49.3. The Morgan fingerprint density at radius 1 is 0.925 bits per heavy atom. The zero-order valence-electron chi connectivity index (χ0n) is 22.9. The maximum absolute atomic E-state index is 14.0. The van der Waals surface area contributed by atoms with Crippen molar-refractivity contribution >= 4 is 28.6 Å². The van der Waals surface area contributed by atoms with Crippen molar-refractivity contribution in [1.29, 1.82) is 0 Å². The van der Waals surface area contributed by atoms with Gasteiger partial charge in [-0.2, -0.15) is 0 Å². The molecule has 4 fully saturated rings. The van der Waals surface area contributed by atoms with Crippen LogP contribution in [0.25, 0.3) is 11.0 Å². The fourth-order valence-electron chi connectivity index (χ4n) is 8.33. The van der Waals surface area contributed by atoms with Gasteiger partial charge in [-0.05, 0) is 68.9 Å². The van der Waals surface area contributed by atoms with Crippen molar-refractivity contribution in [3.63, 3.8) is 0 Å². The Hall–Kier alpha value is -3.27. The van der Waals surface area contributed by atoms with Crippen LogP contribution in [0.15, 0.2) is 34.2 Å². The molecule has 6 rings (SSSR count). The van der Waals surface area contributed by atoms with E-state index >= 15 is 0 Å². The molecule has 0 spiro atoms. The number of fused-ring (bicyclic) bond motifs is 5. The minimum Gasteiger partial charge on any atom is -0.479 e. The maximum atomic E-state index is 14.0. The van der Waals surface area contributed by atoms with Gasteiger partial charge in [-0.3, -0.25) is 14.5 Å². The van der Waals surface area contributed by atoms with Gasteiger partial charge in [-0.1, -0.05) is 49.4 Å². The molecule has 3 heterocycles. The first-order valence-corrected chi connectivity index (χ1v) is 14.9. The quantitative estimate of drug-likeness (QED) is 0.397. The number of aliphatic carboxylic acids is 1. The van der Waals surface area contributed by atoms with E-state index in [2.05, 4.69) is 15.0 Å². The Bertz CT molecular complexity index is 1340. The molecule has 4 aliphatic rings. The Kier molecular flexibility index (Phi) is 7.61. The second-order valence-corrected chi connectivity index (χ2v) is 12.3. The molecule has 3 unspecified atom stereocenters. The van der Waals surface area contributed by atoms with Gasteiger partial charge in [-0.15, -0.1) is 0 Å². The molecule has 0 radical (unpaired) electrons. The number of carbonyl (C=O) groups excluding carboxylic acids is 1. The summed E-state index contributed by atoms with van der Waals surface area (Å²) in [5.74, 6) is -0.544. The molecule has 1 aromatic heterocycles. The van der Waals surface area contributed by atoms with Gasteiger partial charge < -0.3 is 20.2 Å². The summed E-state index contributed by atoms with van der Waals surface area (Å²) in [5, 5.41) is 12.5. The van der Waals surface area contributed by atoms with Crippen LogP contribution in [0.4, 0.5) is 0 Å².